The molecule has 4 amide bonds. The molecule has 3 aromatic heterocycles. The van der Waals surface area contributed by atoms with Crippen molar-refractivity contribution in [3.8, 4) is 22.6 Å². The highest BCUT2D eigenvalue weighted by Gasteiger charge is 2.32. The van der Waals surface area contributed by atoms with Crippen LogP contribution in [0.2, 0.25) is 0 Å². The lowest BCUT2D eigenvalue weighted by molar-refractivity contribution is -0.134. The van der Waals surface area contributed by atoms with Crippen LogP contribution in [0.3, 0.4) is 0 Å². The number of piperidine rings is 1. The number of carboxylic acids is 1. The Labute approximate surface area is 393 Å². The Balaban J connectivity index is 0.839. The van der Waals surface area contributed by atoms with Crippen molar-refractivity contribution in [1.29, 1.82) is 0 Å². The Bertz CT molecular complexity index is 3330. The highest BCUT2D eigenvalue weighted by Crippen LogP contribution is 2.38. The molecule has 5 aromatic carbocycles. The number of benzene rings is 5. The summed E-state index contributed by atoms with van der Waals surface area (Å²) >= 11 is 1.41. The van der Waals surface area contributed by atoms with Crippen molar-refractivity contribution in [3.63, 3.8) is 0 Å². The first-order chi connectivity index (χ1) is 33.0. The van der Waals surface area contributed by atoms with Crippen LogP contribution in [0.15, 0.2) is 115 Å². The van der Waals surface area contributed by atoms with Crippen LogP contribution in [0, 0.1) is 6.92 Å². The first kappa shape index (κ1) is 43.6. The fourth-order valence-corrected chi connectivity index (χ4v) is 10.0. The van der Waals surface area contributed by atoms with Gasteiger partial charge < -0.3 is 20.1 Å². The topological polar surface area (TPSA) is 198 Å². The van der Waals surface area contributed by atoms with E-state index in [1.54, 1.807) is 42.1 Å². The lowest BCUT2D eigenvalue weighted by atomic mass is 9.92. The van der Waals surface area contributed by atoms with E-state index in [0.29, 0.717) is 94.0 Å². The van der Waals surface area contributed by atoms with E-state index < -0.39 is 11.9 Å². The molecule has 1 saturated heterocycles. The zero-order chi connectivity index (χ0) is 47.1. The van der Waals surface area contributed by atoms with Gasteiger partial charge in [-0.1, -0.05) is 78.1 Å². The maximum atomic E-state index is 13.7. The quantitative estimate of drug-likeness (QED) is 0.0854. The molecule has 2 aliphatic heterocycles. The standard InChI is InChI=1S/C52H44N8O7S/c1-29-32(33-21-23-43(55-47(33)51(65)66)60-27-26-30-11-7-13-34(37(30)28-60)49(63)57-52-54-38-15-4-6-19-42(38)68-52)12-9-18-40(29)67-41-17-5-3-10-31(41)20-24-44(61)53-39-16-8-14-35-46(58-59(2)48(35)39)36-22-25-45(62)56-50(36)64/h3-19,21,23,36H,20,22,24-28H2,1-2H3,(H,53,61)(H,65,66)(H,54,57,63)(H,56,62,64). The van der Waals surface area contributed by atoms with Gasteiger partial charge in [-0.05, 0) is 103 Å². The second kappa shape index (κ2) is 18.2. The number of imide groups is 1. The summed E-state index contributed by atoms with van der Waals surface area (Å²) in [7, 11) is 1.76. The van der Waals surface area contributed by atoms with E-state index >= 15 is 0 Å². The zero-order valence-electron chi connectivity index (χ0n) is 37.0. The van der Waals surface area contributed by atoms with E-state index in [-0.39, 0.29) is 42.2 Å². The number of carboxylic acid groups (broad SMARTS) is 1. The molecule has 16 heteroatoms. The third kappa shape index (κ3) is 8.52. The maximum absolute atomic E-state index is 13.7. The average Bonchev–Trinajstić information content (AvgIpc) is 3.91. The molecule has 8 aromatic rings. The first-order valence-electron chi connectivity index (χ1n) is 22.2. The lowest BCUT2D eigenvalue weighted by Crippen LogP contribution is -2.39. The molecule has 1 atom stereocenters. The second-order valence-corrected chi connectivity index (χ2v) is 17.9. The van der Waals surface area contributed by atoms with Crippen LogP contribution >= 0.6 is 11.3 Å². The van der Waals surface area contributed by atoms with Gasteiger partial charge in [0.25, 0.3) is 5.91 Å². The van der Waals surface area contributed by atoms with Gasteiger partial charge in [-0.15, -0.1) is 0 Å². The SMILES string of the molecule is Cc1c(Oc2ccccc2CCC(=O)Nc2cccc3c(C4CCC(=O)NC4=O)nn(C)c23)cccc1-c1ccc(N2CCc3cccc(C(=O)Nc4nc5ccccc5s4)c3C2)nc1C(=O)O. The number of thiazole rings is 1. The number of rotatable bonds is 12. The summed E-state index contributed by atoms with van der Waals surface area (Å²) in [5, 5.41) is 24.8. The van der Waals surface area contributed by atoms with E-state index in [2.05, 4.69) is 26.0 Å². The average molecular weight is 925 g/mol. The molecule has 10 rings (SSSR count). The number of fused-ring (bicyclic) bond motifs is 3. The molecule has 340 valence electrons. The number of ether oxygens (including phenoxy) is 1. The molecule has 0 saturated carbocycles. The second-order valence-electron chi connectivity index (χ2n) is 16.8. The van der Waals surface area contributed by atoms with Crippen molar-refractivity contribution >= 4 is 78.7 Å². The smallest absolute Gasteiger partial charge is 0.355 e. The maximum Gasteiger partial charge on any atom is 0.355 e. The highest BCUT2D eigenvalue weighted by molar-refractivity contribution is 7.22. The molecule has 2 aliphatic rings. The van der Waals surface area contributed by atoms with E-state index in [0.717, 1.165) is 32.3 Å². The van der Waals surface area contributed by atoms with Crippen LogP contribution in [0.5, 0.6) is 11.5 Å². The normalized spacial score (nSPS) is 14.7. The van der Waals surface area contributed by atoms with Gasteiger partial charge in [0.15, 0.2) is 10.8 Å². The summed E-state index contributed by atoms with van der Waals surface area (Å²) in [6.45, 7) is 2.81. The molecule has 4 N–H and O–H groups in total. The van der Waals surface area contributed by atoms with Crippen LogP contribution in [0.1, 0.15) is 74.0 Å². The third-order valence-electron chi connectivity index (χ3n) is 12.6. The lowest BCUT2D eigenvalue weighted by Gasteiger charge is -2.31. The number of amides is 4. The van der Waals surface area contributed by atoms with Crippen molar-refractivity contribution in [1.82, 2.24) is 25.1 Å². The molecule has 1 unspecified atom stereocenters. The minimum atomic E-state index is -1.18. The Hall–Kier alpha value is -8.24. The summed E-state index contributed by atoms with van der Waals surface area (Å²) < 4.78 is 9.15. The highest BCUT2D eigenvalue weighted by atomic mass is 32.1. The van der Waals surface area contributed by atoms with Crippen LogP contribution in [0.4, 0.5) is 16.6 Å². The largest absolute Gasteiger partial charge is 0.476 e. The Morgan fingerprint density at radius 2 is 1.65 bits per heavy atom. The molecule has 68 heavy (non-hydrogen) atoms. The van der Waals surface area contributed by atoms with Gasteiger partial charge in [-0.25, -0.2) is 14.8 Å². The van der Waals surface area contributed by atoms with E-state index in [1.165, 1.54) is 11.3 Å². The predicted octanol–water partition coefficient (Wildman–Crippen LogP) is 8.95. The van der Waals surface area contributed by atoms with Crippen LogP contribution < -0.4 is 25.6 Å². The number of nitrogens with zero attached hydrogens (tertiary/aromatic N) is 5. The number of para-hydroxylation sites is 3. The predicted molar refractivity (Wildman–Crippen MR) is 259 cm³/mol. The number of aryl methyl sites for hydroxylation is 2. The first-order valence-corrected chi connectivity index (χ1v) is 23.0. The summed E-state index contributed by atoms with van der Waals surface area (Å²) in [6.07, 6.45) is 1.73. The van der Waals surface area contributed by atoms with Gasteiger partial charge in [0.1, 0.15) is 17.3 Å². The number of hydrogen-bond donors (Lipinski definition) is 4. The van der Waals surface area contributed by atoms with Crippen LogP contribution in [-0.2, 0) is 40.8 Å². The fourth-order valence-electron chi connectivity index (χ4n) is 9.17. The van der Waals surface area contributed by atoms with E-state index in [1.807, 2.05) is 96.8 Å². The van der Waals surface area contributed by atoms with Crippen LogP contribution in [-0.4, -0.2) is 61.0 Å². The Morgan fingerprint density at radius 1 is 0.853 bits per heavy atom. The van der Waals surface area contributed by atoms with Crippen LogP contribution in [0.25, 0.3) is 32.2 Å². The number of aromatic carboxylic acids is 1. The van der Waals surface area contributed by atoms with Gasteiger partial charge in [-0.3, -0.25) is 34.5 Å². The Morgan fingerprint density at radius 3 is 2.49 bits per heavy atom. The number of hydrogen-bond acceptors (Lipinski definition) is 11. The molecular formula is C52H44N8O7S. The minimum absolute atomic E-state index is 0.115. The van der Waals surface area contributed by atoms with Crippen molar-refractivity contribution in [2.24, 2.45) is 7.05 Å². The summed E-state index contributed by atoms with van der Waals surface area (Å²) in [5.74, 6) is -1.38. The number of pyridine rings is 1. The summed E-state index contributed by atoms with van der Waals surface area (Å²) in [6, 6.07) is 35.4. The van der Waals surface area contributed by atoms with Crippen molar-refractivity contribution in [2.75, 3.05) is 22.1 Å². The van der Waals surface area contributed by atoms with Crippen molar-refractivity contribution < 1.29 is 33.8 Å². The van der Waals surface area contributed by atoms with Gasteiger partial charge in [0.05, 0.1) is 33.0 Å². The van der Waals surface area contributed by atoms with Crippen molar-refractivity contribution in [3.05, 3.63) is 154 Å². The third-order valence-corrected chi connectivity index (χ3v) is 13.5. The fraction of sp³-hybridized carbons (Fsp3) is 0.192. The molecule has 0 bridgehead atoms. The summed E-state index contributed by atoms with van der Waals surface area (Å²) in [5.41, 5.74) is 7.48. The Kier molecular flexibility index (Phi) is 11.7. The van der Waals surface area contributed by atoms with E-state index in [4.69, 9.17) is 9.72 Å². The summed E-state index contributed by atoms with van der Waals surface area (Å²) in [4.78, 5) is 75.8. The van der Waals surface area contributed by atoms with Gasteiger partial charge >= 0.3 is 5.97 Å². The monoisotopic (exact) mass is 924 g/mol. The molecule has 1 fully saturated rings. The molecule has 0 radical (unpaired) electrons. The molecule has 15 nitrogen and oxygen atoms in total. The minimum Gasteiger partial charge on any atom is -0.476 e. The number of nitrogens with one attached hydrogen (secondary N) is 3. The number of aromatic nitrogens is 4. The number of carbonyl (C=O) groups is 5. The van der Waals surface area contributed by atoms with Gasteiger partial charge in [-0.2, -0.15) is 5.10 Å². The number of carbonyl (C=O) groups excluding carboxylic acids is 4. The zero-order valence-corrected chi connectivity index (χ0v) is 37.9. The molecule has 0 aliphatic carbocycles. The molecule has 0 spiro atoms. The molecular weight excluding hydrogens is 881 g/mol. The van der Waals surface area contributed by atoms with E-state index in [9.17, 15) is 29.1 Å². The van der Waals surface area contributed by atoms with Crippen molar-refractivity contribution in [2.45, 2.75) is 51.5 Å². The number of anilines is 3. The van der Waals surface area contributed by atoms with Gasteiger partial charge in [0.2, 0.25) is 17.7 Å². The molecule has 5 heterocycles. The van der Waals surface area contributed by atoms with Gasteiger partial charge in [0, 0.05) is 49.5 Å².